The van der Waals surface area contributed by atoms with E-state index in [4.69, 9.17) is 39.5 Å². The highest BCUT2D eigenvalue weighted by Gasteiger charge is 2.17. The van der Waals surface area contributed by atoms with E-state index in [-0.39, 0.29) is 0 Å². The average molecular weight is 430 g/mol. The monoisotopic (exact) mass is 428 g/mol. The first-order valence-corrected chi connectivity index (χ1v) is 9.69. The Bertz CT molecular complexity index is 1150. The molecule has 1 aromatic heterocycles. The molecular weight excluding hydrogens is 415 g/mol. The normalized spacial score (nSPS) is 10.9. The molecule has 0 aliphatic rings. The molecule has 0 N–H and O–H groups in total. The lowest BCUT2D eigenvalue weighted by Gasteiger charge is -2.16. The van der Waals surface area contributed by atoms with Crippen LogP contribution in [0.5, 0.6) is 11.5 Å². The van der Waals surface area contributed by atoms with E-state index in [1.165, 1.54) is 0 Å². The van der Waals surface area contributed by atoms with Gasteiger partial charge in [0.2, 0.25) is 0 Å². The first-order valence-electron chi connectivity index (χ1n) is 8.56. The van der Waals surface area contributed by atoms with Crippen LogP contribution in [0.1, 0.15) is 5.69 Å². The number of ether oxygens (including phenoxy) is 1. The summed E-state index contributed by atoms with van der Waals surface area (Å²) >= 11 is 18.8. The van der Waals surface area contributed by atoms with Gasteiger partial charge in [0.1, 0.15) is 12.1 Å². The van der Waals surface area contributed by atoms with Gasteiger partial charge in [-0.15, -0.1) is 0 Å². The van der Waals surface area contributed by atoms with Gasteiger partial charge in [0.15, 0.2) is 5.75 Å². The van der Waals surface area contributed by atoms with E-state index in [2.05, 4.69) is 4.98 Å². The molecule has 0 saturated carbocycles. The van der Waals surface area contributed by atoms with Crippen molar-refractivity contribution in [2.75, 3.05) is 0 Å². The SMILES string of the molecule is Cc1ncn(-c2ccccc2Oc2cc(Cl)ccc2Cl)c1-c1ccccc1Cl. The van der Waals surface area contributed by atoms with Gasteiger partial charge in [-0.05, 0) is 37.3 Å². The Kier molecular flexibility index (Phi) is 5.31. The maximum Gasteiger partial charge on any atom is 0.151 e. The summed E-state index contributed by atoms with van der Waals surface area (Å²) in [5.41, 5.74) is 3.48. The molecule has 3 nitrogen and oxygen atoms in total. The van der Waals surface area contributed by atoms with Crippen LogP contribution >= 0.6 is 34.8 Å². The molecule has 0 fully saturated rings. The van der Waals surface area contributed by atoms with E-state index in [0.717, 1.165) is 22.6 Å². The van der Waals surface area contributed by atoms with Crippen LogP contribution in [0.3, 0.4) is 0 Å². The lowest BCUT2D eigenvalue weighted by Crippen LogP contribution is -2.00. The van der Waals surface area contributed by atoms with E-state index in [0.29, 0.717) is 26.6 Å². The third kappa shape index (κ3) is 3.61. The van der Waals surface area contributed by atoms with Crippen LogP contribution in [0, 0.1) is 6.92 Å². The Hall–Kier alpha value is -2.46. The largest absolute Gasteiger partial charge is 0.454 e. The fourth-order valence-electron chi connectivity index (χ4n) is 3.01. The molecule has 0 saturated heterocycles. The van der Waals surface area contributed by atoms with Gasteiger partial charge in [0.05, 0.1) is 22.1 Å². The molecule has 0 atom stereocenters. The van der Waals surface area contributed by atoms with Gasteiger partial charge < -0.3 is 4.74 Å². The Morgan fingerprint density at radius 2 is 1.57 bits per heavy atom. The van der Waals surface area contributed by atoms with Gasteiger partial charge in [-0.2, -0.15) is 0 Å². The number of aryl methyl sites for hydroxylation is 1. The first kappa shape index (κ1) is 18.9. The number of hydrogen-bond donors (Lipinski definition) is 0. The summed E-state index contributed by atoms with van der Waals surface area (Å²) in [5.74, 6) is 1.11. The van der Waals surface area contributed by atoms with Gasteiger partial charge >= 0.3 is 0 Å². The van der Waals surface area contributed by atoms with E-state index in [1.54, 1.807) is 24.5 Å². The van der Waals surface area contributed by atoms with Crippen molar-refractivity contribution in [3.8, 4) is 28.4 Å². The summed E-state index contributed by atoms with van der Waals surface area (Å²) in [5, 5.41) is 1.68. The van der Waals surface area contributed by atoms with E-state index >= 15 is 0 Å². The number of hydrogen-bond acceptors (Lipinski definition) is 2. The van der Waals surface area contributed by atoms with Gasteiger partial charge in [-0.1, -0.05) is 65.1 Å². The second kappa shape index (κ2) is 7.88. The summed E-state index contributed by atoms with van der Waals surface area (Å²) < 4.78 is 8.07. The molecule has 4 aromatic rings. The van der Waals surface area contributed by atoms with Crippen LogP contribution in [-0.2, 0) is 0 Å². The lowest BCUT2D eigenvalue weighted by atomic mass is 10.1. The van der Waals surface area contributed by atoms with Gasteiger partial charge in [-0.25, -0.2) is 4.98 Å². The second-order valence-corrected chi connectivity index (χ2v) is 7.42. The summed E-state index contributed by atoms with van der Waals surface area (Å²) in [6, 6.07) is 20.5. The quantitative estimate of drug-likeness (QED) is 0.334. The maximum absolute atomic E-state index is 6.45. The van der Waals surface area contributed by atoms with Crippen LogP contribution in [-0.4, -0.2) is 9.55 Å². The maximum atomic E-state index is 6.45. The Labute approximate surface area is 178 Å². The molecule has 3 aromatic carbocycles. The second-order valence-electron chi connectivity index (χ2n) is 6.17. The number of imidazole rings is 1. The molecule has 0 bridgehead atoms. The molecule has 1 heterocycles. The smallest absolute Gasteiger partial charge is 0.151 e. The molecule has 140 valence electrons. The molecule has 0 spiro atoms. The Morgan fingerprint density at radius 1 is 0.821 bits per heavy atom. The highest BCUT2D eigenvalue weighted by Crippen LogP contribution is 2.37. The van der Waals surface area contributed by atoms with Crippen molar-refractivity contribution in [1.29, 1.82) is 0 Å². The van der Waals surface area contributed by atoms with E-state index < -0.39 is 0 Å². The fourth-order valence-corrected chi connectivity index (χ4v) is 3.56. The van der Waals surface area contributed by atoms with Crippen molar-refractivity contribution < 1.29 is 4.74 Å². The highest BCUT2D eigenvalue weighted by atomic mass is 35.5. The van der Waals surface area contributed by atoms with Crippen molar-refractivity contribution in [1.82, 2.24) is 9.55 Å². The van der Waals surface area contributed by atoms with Gasteiger partial charge in [-0.3, -0.25) is 4.57 Å². The molecule has 6 heteroatoms. The zero-order valence-corrected chi connectivity index (χ0v) is 17.1. The molecule has 0 unspecified atom stereocenters. The number of nitrogens with zero attached hydrogens (tertiary/aromatic N) is 2. The predicted octanol–water partition coefficient (Wildman–Crippen LogP) is 7.60. The van der Waals surface area contributed by atoms with Crippen LogP contribution in [0.2, 0.25) is 15.1 Å². The first-order chi connectivity index (χ1) is 13.5. The number of aromatic nitrogens is 2. The van der Waals surface area contributed by atoms with Crippen LogP contribution in [0.25, 0.3) is 16.9 Å². The molecule has 0 aliphatic heterocycles. The minimum absolute atomic E-state index is 0.479. The molecule has 0 radical (unpaired) electrons. The summed E-state index contributed by atoms with van der Waals surface area (Å²) in [7, 11) is 0. The van der Waals surface area contributed by atoms with Crippen molar-refractivity contribution >= 4 is 34.8 Å². The summed E-state index contributed by atoms with van der Waals surface area (Å²) in [4.78, 5) is 4.49. The van der Waals surface area contributed by atoms with Gasteiger partial charge in [0.25, 0.3) is 0 Å². The van der Waals surface area contributed by atoms with Crippen molar-refractivity contribution in [3.63, 3.8) is 0 Å². The predicted molar refractivity (Wildman–Crippen MR) is 115 cm³/mol. The number of rotatable bonds is 4. The number of halogens is 3. The molecule has 0 aliphatic carbocycles. The molecule has 4 rings (SSSR count). The number of benzene rings is 3. The van der Waals surface area contributed by atoms with Crippen molar-refractivity contribution in [2.24, 2.45) is 0 Å². The minimum Gasteiger partial charge on any atom is -0.454 e. The Morgan fingerprint density at radius 3 is 2.39 bits per heavy atom. The molecule has 28 heavy (non-hydrogen) atoms. The summed E-state index contributed by atoms with van der Waals surface area (Å²) in [6.07, 6.45) is 1.76. The Balaban J connectivity index is 1.85. The standard InChI is InChI=1S/C22H15Cl3N2O/c1-14-22(16-6-2-3-7-17(16)24)27(13-26-14)19-8-4-5-9-20(19)28-21-12-15(23)10-11-18(21)25/h2-13H,1H3. The molecule has 0 amide bonds. The van der Waals surface area contributed by atoms with E-state index in [1.807, 2.05) is 60.0 Å². The van der Waals surface area contributed by atoms with Crippen LogP contribution in [0.4, 0.5) is 0 Å². The zero-order chi connectivity index (χ0) is 19.7. The van der Waals surface area contributed by atoms with Crippen molar-refractivity contribution in [3.05, 3.63) is 93.8 Å². The van der Waals surface area contributed by atoms with Crippen LogP contribution in [0.15, 0.2) is 73.1 Å². The van der Waals surface area contributed by atoms with Gasteiger partial charge in [0, 0.05) is 21.7 Å². The summed E-state index contributed by atoms with van der Waals surface area (Å²) in [6.45, 7) is 1.95. The zero-order valence-electron chi connectivity index (χ0n) is 14.9. The van der Waals surface area contributed by atoms with E-state index in [9.17, 15) is 0 Å². The van der Waals surface area contributed by atoms with Crippen molar-refractivity contribution in [2.45, 2.75) is 6.92 Å². The van der Waals surface area contributed by atoms with Crippen LogP contribution < -0.4 is 4.74 Å². The third-order valence-electron chi connectivity index (χ3n) is 4.32. The average Bonchev–Trinajstić information content (AvgIpc) is 3.07. The number of para-hydroxylation sites is 2. The lowest BCUT2D eigenvalue weighted by molar-refractivity contribution is 0.480. The molecular formula is C22H15Cl3N2O. The topological polar surface area (TPSA) is 27.1 Å². The highest BCUT2D eigenvalue weighted by molar-refractivity contribution is 6.34. The fraction of sp³-hybridized carbons (Fsp3) is 0.0455. The minimum atomic E-state index is 0.479. The third-order valence-corrected chi connectivity index (χ3v) is 5.19.